The summed E-state index contributed by atoms with van der Waals surface area (Å²) < 4.78 is 12.5. The van der Waals surface area contributed by atoms with Crippen LogP contribution in [-0.4, -0.2) is 17.6 Å². The molecule has 3 heteroatoms. The van der Waals surface area contributed by atoms with Gasteiger partial charge in [0.25, 0.3) is 0 Å². The van der Waals surface area contributed by atoms with Crippen molar-refractivity contribution >= 4 is 5.78 Å². The minimum Gasteiger partial charge on any atom is -0.508 e. The first-order valence-electron chi connectivity index (χ1n) is 5.94. The van der Waals surface area contributed by atoms with E-state index in [-0.39, 0.29) is 11.5 Å². The van der Waals surface area contributed by atoms with Crippen molar-refractivity contribution < 1.29 is 14.3 Å². The lowest BCUT2D eigenvalue weighted by Crippen LogP contribution is -2.12. The molecule has 1 aliphatic carbocycles. The van der Waals surface area contributed by atoms with Gasteiger partial charge in [0.15, 0.2) is 5.78 Å². The Morgan fingerprint density at radius 2 is 2.26 bits per heavy atom. The highest BCUT2D eigenvalue weighted by Gasteiger charge is 2.16. The van der Waals surface area contributed by atoms with E-state index in [0.29, 0.717) is 11.1 Å². The maximum absolute atomic E-state index is 12.5. The number of Topliss-reactive ketones (excluding diaryl/α,β-unsaturated/α-hetero) is 1. The van der Waals surface area contributed by atoms with Crippen LogP contribution in [0.1, 0.15) is 6.92 Å². The van der Waals surface area contributed by atoms with Gasteiger partial charge < -0.3 is 5.11 Å². The number of hydrogen-bond acceptors (Lipinski definition) is 2. The van der Waals surface area contributed by atoms with Crippen molar-refractivity contribution in [2.24, 2.45) is 5.92 Å². The minimum absolute atomic E-state index is 0.0938. The zero-order chi connectivity index (χ0) is 14.3. The molecule has 0 heterocycles. The lowest BCUT2D eigenvalue weighted by Gasteiger charge is -2.07. The van der Waals surface area contributed by atoms with E-state index < -0.39 is 12.6 Å². The summed E-state index contributed by atoms with van der Waals surface area (Å²) in [5.41, 5.74) is 0.870. The molecule has 0 radical (unpaired) electrons. The number of allylic oxidation sites excluding steroid dienone is 10. The minimum atomic E-state index is -0.597. The Kier molecular flexibility index (Phi) is 5.73. The van der Waals surface area contributed by atoms with Gasteiger partial charge in [-0.05, 0) is 30.7 Å². The second-order valence-electron chi connectivity index (χ2n) is 4.21. The first-order valence-corrected chi connectivity index (χ1v) is 5.94. The molecule has 19 heavy (non-hydrogen) atoms. The van der Waals surface area contributed by atoms with Crippen molar-refractivity contribution in [3.63, 3.8) is 0 Å². The van der Waals surface area contributed by atoms with Gasteiger partial charge in [0.1, 0.15) is 12.4 Å². The maximum atomic E-state index is 12.5. The summed E-state index contributed by atoms with van der Waals surface area (Å²) in [7, 11) is 0. The van der Waals surface area contributed by atoms with Crippen LogP contribution in [-0.2, 0) is 4.79 Å². The Labute approximate surface area is 112 Å². The highest BCUT2D eigenvalue weighted by Crippen LogP contribution is 2.17. The van der Waals surface area contributed by atoms with Gasteiger partial charge in [-0.3, -0.25) is 4.79 Å². The normalized spacial score (nSPS) is 19.9. The van der Waals surface area contributed by atoms with Crippen molar-refractivity contribution in [1.82, 2.24) is 0 Å². The summed E-state index contributed by atoms with van der Waals surface area (Å²) in [5.74, 6) is -0.546. The van der Waals surface area contributed by atoms with Gasteiger partial charge in [0, 0.05) is 5.57 Å². The number of ketones is 1. The molecule has 0 aromatic carbocycles. The number of aliphatic hydroxyl groups excluding tert-OH is 1. The SMILES string of the molecule is C=C/C=C(\C=C(/C)CF)C(=O)C1C=CC=C(O)C=C1. The van der Waals surface area contributed by atoms with E-state index in [1.54, 1.807) is 31.2 Å². The fourth-order valence-corrected chi connectivity index (χ4v) is 1.60. The molecule has 0 saturated carbocycles. The van der Waals surface area contributed by atoms with Crippen LogP contribution in [0.2, 0.25) is 0 Å². The molecule has 100 valence electrons. The molecule has 1 N–H and O–H groups in total. The lowest BCUT2D eigenvalue weighted by molar-refractivity contribution is -0.116. The third-order valence-corrected chi connectivity index (χ3v) is 2.56. The Morgan fingerprint density at radius 1 is 1.53 bits per heavy atom. The smallest absolute Gasteiger partial charge is 0.173 e. The van der Waals surface area contributed by atoms with Gasteiger partial charge in [-0.15, -0.1) is 0 Å². The highest BCUT2D eigenvalue weighted by molar-refractivity contribution is 6.02. The Hall–Kier alpha value is -2.16. The summed E-state index contributed by atoms with van der Waals surface area (Å²) in [6.45, 7) is 4.58. The third-order valence-electron chi connectivity index (χ3n) is 2.56. The van der Waals surface area contributed by atoms with E-state index in [0.717, 1.165) is 0 Å². The molecule has 0 aromatic heterocycles. The van der Waals surface area contributed by atoms with E-state index in [1.807, 2.05) is 0 Å². The Morgan fingerprint density at radius 3 is 2.89 bits per heavy atom. The van der Waals surface area contributed by atoms with Crippen LogP contribution in [0, 0.1) is 5.92 Å². The number of halogens is 1. The average molecular weight is 260 g/mol. The number of alkyl halides is 1. The number of carbonyl (C=O) groups is 1. The molecular weight excluding hydrogens is 243 g/mol. The molecule has 0 bridgehead atoms. The predicted molar refractivity (Wildman–Crippen MR) is 75.5 cm³/mol. The molecule has 0 saturated heterocycles. The fraction of sp³-hybridized carbons (Fsp3) is 0.188. The molecule has 1 aliphatic rings. The zero-order valence-corrected chi connectivity index (χ0v) is 10.8. The van der Waals surface area contributed by atoms with Gasteiger partial charge in [0.05, 0.1) is 5.92 Å². The molecule has 2 nitrogen and oxygen atoms in total. The monoisotopic (exact) mass is 260 g/mol. The standard InChI is InChI=1S/C16H17FO2/c1-3-5-14(10-12(2)11-17)16(19)13-6-4-7-15(18)9-8-13/h3-10,13,18H,1,11H2,2H3/b12-10+,14-5+. The first-order chi connectivity index (χ1) is 9.08. The number of aliphatic hydroxyl groups is 1. The fourth-order valence-electron chi connectivity index (χ4n) is 1.60. The van der Waals surface area contributed by atoms with Crippen LogP contribution in [0.4, 0.5) is 4.39 Å². The van der Waals surface area contributed by atoms with Crippen LogP contribution < -0.4 is 0 Å². The van der Waals surface area contributed by atoms with E-state index >= 15 is 0 Å². The van der Waals surface area contributed by atoms with E-state index in [4.69, 9.17) is 0 Å². The second kappa shape index (κ2) is 7.31. The molecule has 0 aliphatic heterocycles. The molecule has 1 atom stereocenters. The number of rotatable bonds is 5. The van der Waals surface area contributed by atoms with E-state index in [9.17, 15) is 14.3 Å². The number of hydrogen-bond donors (Lipinski definition) is 1. The molecule has 1 rings (SSSR count). The van der Waals surface area contributed by atoms with Gasteiger partial charge in [-0.2, -0.15) is 0 Å². The predicted octanol–water partition coefficient (Wildman–Crippen LogP) is 3.77. The summed E-state index contributed by atoms with van der Waals surface area (Å²) in [6.07, 6.45) is 12.4. The van der Waals surface area contributed by atoms with Crippen molar-refractivity contribution in [2.45, 2.75) is 6.92 Å². The van der Waals surface area contributed by atoms with E-state index in [2.05, 4.69) is 6.58 Å². The van der Waals surface area contributed by atoms with Crippen molar-refractivity contribution in [2.75, 3.05) is 6.67 Å². The van der Waals surface area contributed by atoms with Gasteiger partial charge >= 0.3 is 0 Å². The van der Waals surface area contributed by atoms with Gasteiger partial charge in [-0.25, -0.2) is 4.39 Å². The van der Waals surface area contributed by atoms with Gasteiger partial charge in [0.2, 0.25) is 0 Å². The van der Waals surface area contributed by atoms with Crippen LogP contribution >= 0.6 is 0 Å². The van der Waals surface area contributed by atoms with Crippen molar-refractivity contribution in [1.29, 1.82) is 0 Å². The molecule has 0 fully saturated rings. The van der Waals surface area contributed by atoms with Crippen LogP contribution in [0.25, 0.3) is 0 Å². The van der Waals surface area contributed by atoms with Crippen molar-refractivity contribution in [3.8, 4) is 0 Å². The quantitative estimate of drug-likeness (QED) is 0.603. The largest absolute Gasteiger partial charge is 0.508 e. The maximum Gasteiger partial charge on any atom is 0.173 e. The second-order valence-corrected chi connectivity index (χ2v) is 4.21. The highest BCUT2D eigenvalue weighted by atomic mass is 19.1. The van der Waals surface area contributed by atoms with Crippen LogP contribution in [0.3, 0.4) is 0 Å². The third kappa shape index (κ3) is 4.54. The summed E-state index contributed by atoms with van der Waals surface area (Å²) >= 11 is 0. The Bertz CT molecular complexity index is 505. The molecule has 1 unspecified atom stereocenters. The summed E-state index contributed by atoms with van der Waals surface area (Å²) in [4.78, 5) is 12.3. The average Bonchev–Trinajstić information content (AvgIpc) is 2.62. The topological polar surface area (TPSA) is 37.3 Å². The first kappa shape index (κ1) is 14.9. The van der Waals surface area contributed by atoms with Gasteiger partial charge in [-0.1, -0.05) is 37.0 Å². The van der Waals surface area contributed by atoms with E-state index in [1.165, 1.54) is 24.3 Å². The van der Waals surface area contributed by atoms with Crippen LogP contribution in [0.5, 0.6) is 0 Å². The summed E-state index contributed by atoms with van der Waals surface area (Å²) in [5, 5.41) is 9.33. The lowest BCUT2D eigenvalue weighted by atomic mass is 9.95. The molecular formula is C16H17FO2. The summed E-state index contributed by atoms with van der Waals surface area (Å²) in [6, 6.07) is 0. The zero-order valence-electron chi connectivity index (χ0n) is 10.8. The molecule has 0 amide bonds. The Balaban J connectivity index is 3.00. The molecule has 0 aromatic rings. The van der Waals surface area contributed by atoms with Crippen LogP contribution in [0.15, 0.2) is 72.1 Å². The van der Waals surface area contributed by atoms with Crippen molar-refractivity contribution in [3.05, 3.63) is 72.1 Å². The molecule has 0 spiro atoms. The number of carbonyl (C=O) groups excluding carboxylic acids is 1.